The standard InChI is InChI=1S/C29H30Cl2N2O3/c1-29(2,3)21-11-9-19(10-12-21)22-15-23(22)28(34)33-32-16-18-8-13-25(35-4)20(14-18)17-36-26-7-5-6-24(30)27(26)31/h5-14,16,22-23H,15,17H2,1-4H3,(H,33,34)/t22-,23+/m0/s1. The van der Waals surface area contributed by atoms with Gasteiger partial charge in [0.1, 0.15) is 23.1 Å². The Kier molecular flexibility index (Phi) is 7.91. The van der Waals surface area contributed by atoms with E-state index in [1.165, 1.54) is 11.1 Å². The zero-order chi connectivity index (χ0) is 25.9. The average molecular weight is 525 g/mol. The summed E-state index contributed by atoms with van der Waals surface area (Å²) in [7, 11) is 1.60. The van der Waals surface area contributed by atoms with E-state index in [2.05, 4.69) is 55.6 Å². The predicted octanol–water partition coefficient (Wildman–Crippen LogP) is 7.13. The molecule has 1 amide bonds. The Morgan fingerprint density at radius 1 is 1.08 bits per heavy atom. The number of nitrogens with one attached hydrogen (secondary N) is 1. The summed E-state index contributed by atoms with van der Waals surface area (Å²) in [5, 5.41) is 4.96. The minimum atomic E-state index is -0.0659. The molecule has 5 nitrogen and oxygen atoms in total. The molecule has 3 aromatic rings. The molecular weight excluding hydrogens is 495 g/mol. The molecule has 0 spiro atoms. The quantitative estimate of drug-likeness (QED) is 0.251. The Morgan fingerprint density at radius 3 is 2.53 bits per heavy atom. The van der Waals surface area contributed by atoms with E-state index in [4.69, 9.17) is 32.7 Å². The molecule has 0 saturated heterocycles. The summed E-state index contributed by atoms with van der Waals surface area (Å²) in [5.74, 6) is 1.29. The third-order valence-corrected chi connectivity index (χ3v) is 7.13. The van der Waals surface area contributed by atoms with Crippen LogP contribution in [0.2, 0.25) is 10.0 Å². The maximum Gasteiger partial charge on any atom is 0.243 e. The molecule has 36 heavy (non-hydrogen) atoms. The lowest BCUT2D eigenvalue weighted by atomic mass is 9.86. The van der Waals surface area contributed by atoms with Gasteiger partial charge < -0.3 is 9.47 Å². The summed E-state index contributed by atoms with van der Waals surface area (Å²) >= 11 is 12.3. The molecule has 1 aliphatic carbocycles. The largest absolute Gasteiger partial charge is 0.496 e. The number of benzene rings is 3. The Hall–Kier alpha value is -3.02. The zero-order valence-electron chi connectivity index (χ0n) is 20.8. The fraction of sp³-hybridized carbons (Fsp3) is 0.310. The van der Waals surface area contributed by atoms with Crippen LogP contribution in [0, 0.1) is 5.92 Å². The monoisotopic (exact) mass is 524 g/mol. The molecule has 188 valence electrons. The van der Waals surface area contributed by atoms with Crippen molar-refractivity contribution in [2.45, 2.75) is 45.1 Å². The van der Waals surface area contributed by atoms with Gasteiger partial charge in [-0.2, -0.15) is 5.10 Å². The van der Waals surface area contributed by atoms with E-state index in [1.807, 2.05) is 18.2 Å². The molecular formula is C29H30Cl2N2O3. The van der Waals surface area contributed by atoms with Crippen LogP contribution in [0.25, 0.3) is 0 Å². The van der Waals surface area contributed by atoms with Crippen LogP contribution in [0.1, 0.15) is 55.4 Å². The number of hydrazone groups is 1. The van der Waals surface area contributed by atoms with Crippen LogP contribution >= 0.6 is 23.2 Å². The van der Waals surface area contributed by atoms with E-state index in [9.17, 15) is 4.79 Å². The van der Waals surface area contributed by atoms with Crippen molar-refractivity contribution in [1.82, 2.24) is 5.43 Å². The van der Waals surface area contributed by atoms with E-state index in [1.54, 1.807) is 31.5 Å². The van der Waals surface area contributed by atoms with Crippen LogP contribution in [0.4, 0.5) is 0 Å². The summed E-state index contributed by atoms with van der Waals surface area (Å²) in [6, 6.07) is 19.4. The molecule has 1 saturated carbocycles. The zero-order valence-corrected chi connectivity index (χ0v) is 22.4. The smallest absolute Gasteiger partial charge is 0.243 e. The van der Waals surface area contributed by atoms with Crippen molar-refractivity contribution in [1.29, 1.82) is 0 Å². The summed E-state index contributed by atoms with van der Waals surface area (Å²) in [6.45, 7) is 6.82. The van der Waals surface area contributed by atoms with Crippen LogP contribution in [-0.2, 0) is 16.8 Å². The van der Waals surface area contributed by atoms with Crippen LogP contribution < -0.4 is 14.9 Å². The van der Waals surface area contributed by atoms with E-state index >= 15 is 0 Å². The third kappa shape index (κ3) is 6.21. The first-order valence-corrected chi connectivity index (χ1v) is 12.6. The SMILES string of the molecule is COc1ccc(C=NNC(=O)[C@@H]2C[C@H]2c2ccc(C(C)(C)C)cc2)cc1COc1cccc(Cl)c1Cl. The van der Waals surface area contributed by atoms with Gasteiger partial charge in [0, 0.05) is 11.5 Å². The number of carbonyl (C=O) groups is 1. The first-order chi connectivity index (χ1) is 17.2. The second kappa shape index (κ2) is 10.9. The number of halogens is 2. The molecule has 1 fully saturated rings. The van der Waals surface area contributed by atoms with E-state index in [-0.39, 0.29) is 29.8 Å². The van der Waals surface area contributed by atoms with Crippen molar-refractivity contribution < 1.29 is 14.3 Å². The van der Waals surface area contributed by atoms with E-state index < -0.39 is 0 Å². The molecule has 4 rings (SSSR count). The minimum absolute atomic E-state index is 0.0510. The molecule has 7 heteroatoms. The number of rotatable bonds is 8. The van der Waals surface area contributed by atoms with Gasteiger partial charge in [-0.15, -0.1) is 0 Å². The van der Waals surface area contributed by atoms with Crippen molar-refractivity contribution in [3.05, 3.63) is 93.0 Å². The van der Waals surface area contributed by atoms with Crippen molar-refractivity contribution >= 4 is 35.3 Å². The van der Waals surface area contributed by atoms with Crippen LogP contribution in [0.3, 0.4) is 0 Å². The summed E-state index contributed by atoms with van der Waals surface area (Å²) in [5.41, 5.74) is 6.90. The van der Waals surface area contributed by atoms with Gasteiger partial charge in [0.05, 0.1) is 18.3 Å². The highest BCUT2D eigenvalue weighted by Crippen LogP contribution is 2.47. The number of carbonyl (C=O) groups excluding carboxylic acids is 1. The number of methoxy groups -OCH3 is 1. The molecule has 2 atom stereocenters. The fourth-order valence-corrected chi connectivity index (χ4v) is 4.43. The van der Waals surface area contributed by atoms with Gasteiger partial charge in [0.15, 0.2) is 0 Å². The number of amides is 1. The van der Waals surface area contributed by atoms with Crippen LogP contribution in [0.15, 0.2) is 65.8 Å². The molecule has 0 aromatic heterocycles. The number of hydrogen-bond donors (Lipinski definition) is 1. The highest BCUT2D eigenvalue weighted by Gasteiger charge is 2.44. The first kappa shape index (κ1) is 26.1. The Bertz CT molecular complexity index is 1270. The van der Waals surface area contributed by atoms with Crippen molar-refractivity contribution in [3.8, 4) is 11.5 Å². The fourth-order valence-electron chi connectivity index (χ4n) is 4.08. The first-order valence-electron chi connectivity index (χ1n) is 11.8. The molecule has 1 N–H and O–H groups in total. The molecule has 3 aromatic carbocycles. The Morgan fingerprint density at radius 2 is 1.83 bits per heavy atom. The van der Waals surface area contributed by atoms with Crippen molar-refractivity contribution in [2.75, 3.05) is 7.11 Å². The normalized spacial score (nSPS) is 17.2. The topological polar surface area (TPSA) is 59.9 Å². The van der Waals surface area contributed by atoms with Gasteiger partial charge in [-0.1, -0.05) is 74.3 Å². The van der Waals surface area contributed by atoms with Gasteiger partial charge in [0.25, 0.3) is 0 Å². The highest BCUT2D eigenvalue weighted by atomic mass is 35.5. The lowest BCUT2D eigenvalue weighted by Gasteiger charge is -2.19. The van der Waals surface area contributed by atoms with Gasteiger partial charge in [-0.3, -0.25) is 4.79 Å². The number of ether oxygens (including phenoxy) is 2. The van der Waals surface area contributed by atoms with Gasteiger partial charge >= 0.3 is 0 Å². The summed E-state index contributed by atoms with van der Waals surface area (Å²) < 4.78 is 11.3. The van der Waals surface area contributed by atoms with E-state index in [0.717, 1.165) is 17.5 Å². The van der Waals surface area contributed by atoms with Gasteiger partial charge in [-0.05, 0) is 64.8 Å². The van der Waals surface area contributed by atoms with Gasteiger partial charge in [-0.25, -0.2) is 5.43 Å². The minimum Gasteiger partial charge on any atom is -0.496 e. The summed E-state index contributed by atoms with van der Waals surface area (Å²) in [6.07, 6.45) is 2.45. The molecule has 1 aliphatic rings. The van der Waals surface area contributed by atoms with Crippen molar-refractivity contribution in [2.24, 2.45) is 11.0 Å². The maximum atomic E-state index is 12.6. The molecule has 0 unspecified atom stereocenters. The Balaban J connectivity index is 1.35. The molecule has 0 aliphatic heterocycles. The molecule has 0 bridgehead atoms. The predicted molar refractivity (Wildman–Crippen MR) is 146 cm³/mol. The van der Waals surface area contributed by atoms with Crippen LogP contribution in [0.5, 0.6) is 11.5 Å². The second-order valence-corrected chi connectivity index (χ2v) is 10.8. The maximum absolute atomic E-state index is 12.6. The van der Waals surface area contributed by atoms with Crippen molar-refractivity contribution in [3.63, 3.8) is 0 Å². The summed E-state index contributed by atoms with van der Waals surface area (Å²) in [4.78, 5) is 12.6. The second-order valence-electron chi connectivity index (χ2n) is 9.97. The lowest BCUT2D eigenvalue weighted by molar-refractivity contribution is -0.122. The Labute approximate surface area is 222 Å². The van der Waals surface area contributed by atoms with Crippen LogP contribution in [-0.4, -0.2) is 19.2 Å². The molecule has 0 radical (unpaired) electrons. The third-order valence-electron chi connectivity index (χ3n) is 6.32. The average Bonchev–Trinajstić information content (AvgIpc) is 3.66. The van der Waals surface area contributed by atoms with E-state index in [0.29, 0.717) is 21.5 Å². The molecule has 0 heterocycles. The number of nitrogens with zero attached hydrogens (tertiary/aromatic N) is 1. The number of hydrogen-bond acceptors (Lipinski definition) is 4. The van der Waals surface area contributed by atoms with Gasteiger partial charge in [0.2, 0.25) is 5.91 Å². The lowest BCUT2D eigenvalue weighted by Crippen LogP contribution is -2.20. The highest BCUT2D eigenvalue weighted by molar-refractivity contribution is 6.42.